The molecule has 2 heterocycles. The number of nitrogens with two attached hydrogens (primary N) is 1. The van der Waals surface area contributed by atoms with Crippen molar-refractivity contribution in [2.45, 2.75) is 13.1 Å². The second-order valence-corrected chi connectivity index (χ2v) is 4.57. The first-order valence-corrected chi connectivity index (χ1v) is 6.30. The third kappa shape index (κ3) is 1.88. The molecule has 0 spiro atoms. The zero-order valence-corrected chi connectivity index (χ0v) is 10.7. The smallest absolute Gasteiger partial charge is 0.280 e. The van der Waals surface area contributed by atoms with Crippen molar-refractivity contribution in [3.63, 3.8) is 0 Å². The van der Waals surface area contributed by atoms with Gasteiger partial charge in [-0.2, -0.15) is 0 Å². The molecule has 1 aliphatic rings. The summed E-state index contributed by atoms with van der Waals surface area (Å²) in [5, 5.41) is 0. The number of amides is 2. The van der Waals surface area contributed by atoms with E-state index >= 15 is 0 Å². The first kappa shape index (κ1) is 12.5. The number of rotatable bonds is 3. The van der Waals surface area contributed by atoms with Crippen LogP contribution in [0, 0.1) is 0 Å². The SMILES string of the molecule is NCc1ccccc1CN1C(=O)c2cccnc2C1=O. The molecule has 2 aromatic rings. The molecule has 2 N–H and O–H groups in total. The number of nitrogens with zero attached hydrogens (tertiary/aromatic N) is 2. The van der Waals surface area contributed by atoms with Crippen molar-refractivity contribution in [1.82, 2.24) is 9.88 Å². The minimum Gasteiger partial charge on any atom is -0.326 e. The third-order valence-corrected chi connectivity index (χ3v) is 3.40. The minimum absolute atomic E-state index is 0.224. The van der Waals surface area contributed by atoms with E-state index < -0.39 is 0 Å². The van der Waals surface area contributed by atoms with Crippen LogP contribution in [0.15, 0.2) is 42.6 Å². The molecule has 2 amide bonds. The van der Waals surface area contributed by atoms with Crippen molar-refractivity contribution in [3.8, 4) is 0 Å². The van der Waals surface area contributed by atoms with Gasteiger partial charge in [0.15, 0.2) is 0 Å². The van der Waals surface area contributed by atoms with Crippen LogP contribution in [0.25, 0.3) is 0 Å². The fourth-order valence-corrected chi connectivity index (χ4v) is 2.34. The maximum absolute atomic E-state index is 12.2. The lowest BCUT2D eigenvalue weighted by Gasteiger charge is -2.15. The maximum atomic E-state index is 12.2. The van der Waals surface area contributed by atoms with Crippen LogP contribution in [0.1, 0.15) is 32.0 Å². The molecule has 0 saturated carbocycles. The summed E-state index contributed by atoms with van der Waals surface area (Å²) in [7, 11) is 0. The molecule has 0 fully saturated rings. The quantitative estimate of drug-likeness (QED) is 0.851. The average Bonchev–Trinajstić information content (AvgIpc) is 2.73. The molecule has 1 aromatic carbocycles. The molecular weight excluding hydrogens is 254 g/mol. The van der Waals surface area contributed by atoms with Crippen molar-refractivity contribution in [2.24, 2.45) is 5.73 Å². The lowest BCUT2D eigenvalue weighted by atomic mass is 10.1. The Morgan fingerprint density at radius 1 is 1.00 bits per heavy atom. The largest absolute Gasteiger partial charge is 0.326 e. The minimum atomic E-state index is -0.350. The van der Waals surface area contributed by atoms with Crippen LogP contribution in [0.5, 0.6) is 0 Å². The van der Waals surface area contributed by atoms with Gasteiger partial charge in [0.05, 0.1) is 12.1 Å². The highest BCUT2D eigenvalue weighted by Gasteiger charge is 2.36. The summed E-state index contributed by atoms with van der Waals surface area (Å²) in [4.78, 5) is 29.7. The number of hydrogen-bond acceptors (Lipinski definition) is 4. The van der Waals surface area contributed by atoms with Gasteiger partial charge in [0, 0.05) is 12.7 Å². The number of fused-ring (bicyclic) bond motifs is 1. The summed E-state index contributed by atoms with van der Waals surface area (Å²) >= 11 is 0. The highest BCUT2D eigenvalue weighted by molar-refractivity contribution is 6.20. The Bertz CT molecular complexity index is 662. The second-order valence-electron chi connectivity index (χ2n) is 4.57. The number of pyridine rings is 1. The summed E-state index contributed by atoms with van der Waals surface area (Å²) in [6, 6.07) is 10.8. The number of aromatic nitrogens is 1. The Hall–Kier alpha value is -2.53. The van der Waals surface area contributed by atoms with Crippen LogP contribution in [0.3, 0.4) is 0 Å². The number of hydrogen-bond donors (Lipinski definition) is 1. The Morgan fingerprint density at radius 3 is 2.45 bits per heavy atom. The fourth-order valence-electron chi connectivity index (χ4n) is 2.34. The summed E-state index contributed by atoms with van der Waals surface area (Å²) < 4.78 is 0. The van der Waals surface area contributed by atoms with Crippen molar-refractivity contribution >= 4 is 11.8 Å². The van der Waals surface area contributed by atoms with Gasteiger partial charge in [-0.1, -0.05) is 24.3 Å². The highest BCUT2D eigenvalue weighted by atomic mass is 16.2. The van der Waals surface area contributed by atoms with Gasteiger partial charge in [0.25, 0.3) is 11.8 Å². The van der Waals surface area contributed by atoms with Gasteiger partial charge < -0.3 is 5.73 Å². The molecular formula is C15H13N3O2. The summed E-state index contributed by atoms with van der Waals surface area (Å²) in [5.41, 5.74) is 8.07. The van der Waals surface area contributed by atoms with Crippen LogP contribution in [-0.2, 0) is 13.1 Å². The van der Waals surface area contributed by atoms with Gasteiger partial charge in [-0.05, 0) is 23.3 Å². The van der Waals surface area contributed by atoms with Gasteiger partial charge in [0.1, 0.15) is 5.69 Å². The molecule has 0 radical (unpaired) electrons. The first-order chi connectivity index (χ1) is 9.72. The number of imide groups is 1. The molecule has 1 aromatic heterocycles. The van der Waals surface area contributed by atoms with E-state index in [1.807, 2.05) is 24.3 Å². The van der Waals surface area contributed by atoms with Crippen LogP contribution in [0.2, 0.25) is 0 Å². The molecule has 1 aliphatic heterocycles. The van der Waals surface area contributed by atoms with E-state index in [2.05, 4.69) is 4.98 Å². The van der Waals surface area contributed by atoms with Crippen LogP contribution >= 0.6 is 0 Å². The number of carbonyl (C=O) groups is 2. The van der Waals surface area contributed by atoms with Crippen molar-refractivity contribution in [2.75, 3.05) is 0 Å². The van der Waals surface area contributed by atoms with Crippen molar-refractivity contribution < 1.29 is 9.59 Å². The molecule has 0 atom stereocenters. The van der Waals surface area contributed by atoms with E-state index in [1.165, 1.54) is 11.1 Å². The Morgan fingerprint density at radius 2 is 1.75 bits per heavy atom. The van der Waals surface area contributed by atoms with Gasteiger partial charge in [-0.25, -0.2) is 0 Å². The van der Waals surface area contributed by atoms with Gasteiger partial charge in [-0.15, -0.1) is 0 Å². The highest BCUT2D eigenvalue weighted by Crippen LogP contribution is 2.23. The summed E-state index contributed by atoms with van der Waals surface area (Å²) in [6.45, 7) is 0.596. The molecule has 5 heteroatoms. The number of benzene rings is 1. The Labute approximate surface area is 116 Å². The van der Waals surface area contributed by atoms with Crippen LogP contribution < -0.4 is 5.73 Å². The molecule has 0 bridgehead atoms. The van der Waals surface area contributed by atoms with E-state index in [-0.39, 0.29) is 24.1 Å². The van der Waals surface area contributed by atoms with E-state index in [1.54, 1.807) is 12.1 Å². The van der Waals surface area contributed by atoms with Gasteiger partial charge in [0.2, 0.25) is 0 Å². The zero-order chi connectivity index (χ0) is 14.1. The standard InChI is InChI=1S/C15H13N3O2/c16-8-10-4-1-2-5-11(10)9-18-14(19)12-6-3-7-17-13(12)15(18)20/h1-7H,8-9,16H2. The topological polar surface area (TPSA) is 76.3 Å². The average molecular weight is 267 g/mol. The zero-order valence-electron chi connectivity index (χ0n) is 10.7. The molecule has 3 rings (SSSR count). The van der Waals surface area contributed by atoms with Crippen molar-refractivity contribution in [3.05, 3.63) is 65.0 Å². The first-order valence-electron chi connectivity index (χ1n) is 6.30. The predicted molar refractivity (Wildman–Crippen MR) is 72.8 cm³/mol. The fraction of sp³-hybridized carbons (Fsp3) is 0.133. The van der Waals surface area contributed by atoms with E-state index in [4.69, 9.17) is 5.73 Å². The van der Waals surface area contributed by atoms with Crippen molar-refractivity contribution in [1.29, 1.82) is 0 Å². The van der Waals surface area contributed by atoms with Gasteiger partial charge in [-0.3, -0.25) is 19.5 Å². The number of carbonyl (C=O) groups excluding carboxylic acids is 2. The molecule has 0 aliphatic carbocycles. The summed E-state index contributed by atoms with van der Waals surface area (Å²) in [5.74, 6) is -0.651. The second kappa shape index (κ2) is 4.86. The maximum Gasteiger partial charge on any atom is 0.280 e. The van der Waals surface area contributed by atoms with E-state index in [9.17, 15) is 9.59 Å². The Balaban J connectivity index is 1.94. The summed E-state index contributed by atoms with van der Waals surface area (Å²) in [6.07, 6.45) is 1.52. The lowest BCUT2D eigenvalue weighted by molar-refractivity contribution is 0.0640. The van der Waals surface area contributed by atoms with Gasteiger partial charge >= 0.3 is 0 Å². The third-order valence-electron chi connectivity index (χ3n) is 3.40. The molecule has 0 unspecified atom stereocenters. The van der Waals surface area contributed by atoms with E-state index in [0.717, 1.165) is 11.1 Å². The molecule has 0 saturated heterocycles. The Kier molecular flexibility index (Phi) is 3.04. The molecule has 5 nitrogen and oxygen atoms in total. The molecule has 20 heavy (non-hydrogen) atoms. The normalized spacial score (nSPS) is 13.8. The molecule has 100 valence electrons. The van der Waals surface area contributed by atoms with Crippen LogP contribution in [0.4, 0.5) is 0 Å². The van der Waals surface area contributed by atoms with E-state index in [0.29, 0.717) is 12.1 Å². The van der Waals surface area contributed by atoms with Crippen LogP contribution in [-0.4, -0.2) is 21.7 Å². The lowest BCUT2D eigenvalue weighted by Crippen LogP contribution is -2.29. The predicted octanol–water partition coefficient (Wildman–Crippen LogP) is 1.34. The monoisotopic (exact) mass is 267 g/mol.